The van der Waals surface area contributed by atoms with Crippen molar-refractivity contribution >= 4 is 11.8 Å². The average Bonchev–Trinajstić information content (AvgIpc) is 2.36. The third-order valence-electron chi connectivity index (χ3n) is 2.57. The van der Waals surface area contributed by atoms with Crippen molar-refractivity contribution in [2.75, 3.05) is 6.61 Å². The third-order valence-corrected chi connectivity index (χ3v) is 3.73. The van der Waals surface area contributed by atoms with E-state index >= 15 is 0 Å². The molecule has 1 unspecified atom stereocenters. The summed E-state index contributed by atoms with van der Waals surface area (Å²) in [7, 11) is 0. The molecule has 0 amide bonds. The monoisotopic (exact) mass is 278 g/mol. The number of nitrogens with one attached hydrogen (secondary N) is 1. The standard InChI is InChI=1S/C15H22N2OS/c1-11(10-18)19-14-6-5-12(7-13(14)8-16)9-17-15(2,3)4/h5-7,11,17-18H,9-10H2,1-4H3. The van der Waals surface area contributed by atoms with Crippen molar-refractivity contribution in [1.82, 2.24) is 5.32 Å². The summed E-state index contributed by atoms with van der Waals surface area (Å²) in [5, 5.41) is 21.8. The van der Waals surface area contributed by atoms with E-state index in [0.717, 1.165) is 17.0 Å². The predicted octanol–water partition coefficient (Wildman–Crippen LogP) is 2.92. The molecule has 1 rings (SSSR count). The molecule has 104 valence electrons. The molecule has 0 saturated heterocycles. The van der Waals surface area contributed by atoms with Gasteiger partial charge in [-0.3, -0.25) is 0 Å². The minimum atomic E-state index is 0.0611. The van der Waals surface area contributed by atoms with Crippen LogP contribution in [0.2, 0.25) is 0 Å². The second-order valence-corrected chi connectivity index (χ2v) is 7.14. The highest BCUT2D eigenvalue weighted by atomic mass is 32.2. The van der Waals surface area contributed by atoms with E-state index in [9.17, 15) is 5.26 Å². The lowest BCUT2D eigenvalue weighted by atomic mass is 10.1. The molecule has 0 aliphatic rings. The highest BCUT2D eigenvalue weighted by molar-refractivity contribution is 8.00. The van der Waals surface area contributed by atoms with Crippen LogP contribution in [-0.2, 0) is 6.54 Å². The van der Waals surface area contributed by atoms with Gasteiger partial charge < -0.3 is 10.4 Å². The Hall–Kier alpha value is -1.02. The zero-order valence-electron chi connectivity index (χ0n) is 12.0. The Kier molecular flexibility index (Phi) is 5.86. The molecular formula is C15H22N2OS. The maximum absolute atomic E-state index is 9.21. The molecular weight excluding hydrogens is 256 g/mol. The van der Waals surface area contributed by atoms with Gasteiger partial charge in [0.2, 0.25) is 0 Å². The van der Waals surface area contributed by atoms with Gasteiger partial charge in [0.25, 0.3) is 0 Å². The molecule has 3 nitrogen and oxygen atoms in total. The molecule has 0 heterocycles. The summed E-state index contributed by atoms with van der Waals surface area (Å²) >= 11 is 1.53. The van der Waals surface area contributed by atoms with Gasteiger partial charge in [0, 0.05) is 22.2 Å². The maximum atomic E-state index is 9.21. The molecule has 0 aliphatic carbocycles. The molecule has 0 bridgehead atoms. The quantitative estimate of drug-likeness (QED) is 0.813. The van der Waals surface area contributed by atoms with Crippen LogP contribution in [0.4, 0.5) is 0 Å². The highest BCUT2D eigenvalue weighted by Gasteiger charge is 2.11. The van der Waals surface area contributed by atoms with Crippen LogP contribution in [0, 0.1) is 11.3 Å². The largest absolute Gasteiger partial charge is 0.395 e. The van der Waals surface area contributed by atoms with E-state index < -0.39 is 0 Å². The number of aliphatic hydroxyl groups excluding tert-OH is 1. The Morgan fingerprint density at radius 3 is 2.63 bits per heavy atom. The fourth-order valence-electron chi connectivity index (χ4n) is 1.50. The van der Waals surface area contributed by atoms with Crippen molar-refractivity contribution in [1.29, 1.82) is 5.26 Å². The van der Waals surface area contributed by atoms with Crippen LogP contribution in [0.15, 0.2) is 23.1 Å². The summed E-state index contributed by atoms with van der Waals surface area (Å²) in [6.45, 7) is 9.16. The Balaban J connectivity index is 2.82. The van der Waals surface area contributed by atoms with Gasteiger partial charge in [0.1, 0.15) is 6.07 Å². The molecule has 2 N–H and O–H groups in total. The average molecular weight is 278 g/mol. The number of thioether (sulfide) groups is 1. The molecule has 0 aromatic heterocycles. The van der Waals surface area contributed by atoms with Crippen LogP contribution in [0.25, 0.3) is 0 Å². The van der Waals surface area contributed by atoms with Crippen LogP contribution < -0.4 is 5.32 Å². The summed E-state index contributed by atoms with van der Waals surface area (Å²) in [5.41, 5.74) is 1.84. The van der Waals surface area contributed by atoms with Crippen molar-refractivity contribution < 1.29 is 5.11 Å². The molecule has 0 fully saturated rings. The first kappa shape index (κ1) is 16.0. The fraction of sp³-hybridized carbons (Fsp3) is 0.533. The molecule has 1 atom stereocenters. The molecule has 1 aromatic carbocycles. The number of nitriles is 1. The second-order valence-electron chi connectivity index (χ2n) is 5.66. The van der Waals surface area contributed by atoms with Gasteiger partial charge in [0.15, 0.2) is 0 Å². The Morgan fingerprint density at radius 1 is 1.42 bits per heavy atom. The smallest absolute Gasteiger partial charge is 0.100 e. The molecule has 0 radical (unpaired) electrons. The van der Waals surface area contributed by atoms with E-state index in [4.69, 9.17) is 5.11 Å². The summed E-state index contributed by atoms with van der Waals surface area (Å²) in [5.74, 6) is 0. The second kappa shape index (κ2) is 6.95. The number of hydrogen-bond donors (Lipinski definition) is 2. The topological polar surface area (TPSA) is 56.0 Å². The van der Waals surface area contributed by atoms with Gasteiger partial charge in [-0.15, -0.1) is 11.8 Å². The summed E-state index contributed by atoms with van der Waals surface area (Å²) < 4.78 is 0. The van der Waals surface area contributed by atoms with Gasteiger partial charge in [-0.05, 0) is 38.5 Å². The molecule has 1 aromatic rings. The zero-order valence-corrected chi connectivity index (χ0v) is 12.8. The van der Waals surface area contributed by atoms with Crippen molar-refractivity contribution in [2.45, 2.75) is 49.9 Å². The number of benzene rings is 1. The SMILES string of the molecule is CC(CO)Sc1ccc(CNC(C)(C)C)cc1C#N. The first-order valence-corrected chi connectivity index (χ1v) is 7.29. The van der Waals surface area contributed by atoms with Gasteiger partial charge in [0.05, 0.1) is 12.2 Å². The normalized spacial score (nSPS) is 13.1. The van der Waals surface area contributed by atoms with E-state index in [0.29, 0.717) is 5.56 Å². The number of rotatable bonds is 5. The molecule has 19 heavy (non-hydrogen) atoms. The number of aliphatic hydroxyl groups is 1. The van der Waals surface area contributed by atoms with Gasteiger partial charge >= 0.3 is 0 Å². The summed E-state index contributed by atoms with van der Waals surface area (Å²) in [4.78, 5) is 0.934. The van der Waals surface area contributed by atoms with E-state index in [1.165, 1.54) is 11.8 Å². The predicted molar refractivity (Wildman–Crippen MR) is 80.2 cm³/mol. The molecule has 0 saturated carbocycles. The molecule has 0 spiro atoms. The lowest BCUT2D eigenvalue weighted by Gasteiger charge is -2.20. The van der Waals surface area contributed by atoms with Crippen molar-refractivity contribution in [2.24, 2.45) is 0 Å². The Labute approximate surface area is 120 Å². The van der Waals surface area contributed by atoms with Crippen LogP contribution in [-0.4, -0.2) is 22.5 Å². The number of nitrogens with zero attached hydrogens (tertiary/aromatic N) is 1. The first-order chi connectivity index (χ1) is 8.85. The van der Waals surface area contributed by atoms with E-state index in [2.05, 4.69) is 32.2 Å². The lowest BCUT2D eigenvalue weighted by molar-refractivity contribution is 0.300. The molecule has 0 aliphatic heterocycles. The van der Waals surface area contributed by atoms with Crippen molar-refractivity contribution in [3.8, 4) is 6.07 Å². The molecule has 4 heteroatoms. The van der Waals surface area contributed by atoms with Crippen molar-refractivity contribution in [3.63, 3.8) is 0 Å². The number of hydrogen-bond acceptors (Lipinski definition) is 4. The van der Waals surface area contributed by atoms with Crippen LogP contribution in [0.3, 0.4) is 0 Å². The highest BCUT2D eigenvalue weighted by Crippen LogP contribution is 2.27. The maximum Gasteiger partial charge on any atom is 0.100 e. The fourth-order valence-corrected chi connectivity index (χ4v) is 2.38. The van der Waals surface area contributed by atoms with Gasteiger partial charge in [-0.25, -0.2) is 0 Å². The van der Waals surface area contributed by atoms with E-state index in [1.807, 2.05) is 25.1 Å². The van der Waals surface area contributed by atoms with E-state index in [-0.39, 0.29) is 17.4 Å². The Morgan fingerprint density at radius 2 is 2.11 bits per heavy atom. The van der Waals surface area contributed by atoms with Gasteiger partial charge in [-0.2, -0.15) is 5.26 Å². The first-order valence-electron chi connectivity index (χ1n) is 6.41. The minimum absolute atomic E-state index is 0.0611. The van der Waals surface area contributed by atoms with Crippen LogP contribution in [0.1, 0.15) is 38.8 Å². The van der Waals surface area contributed by atoms with Gasteiger partial charge in [-0.1, -0.05) is 13.0 Å². The summed E-state index contributed by atoms with van der Waals surface area (Å²) in [6.07, 6.45) is 0. The Bertz CT molecular complexity index is 460. The summed E-state index contributed by atoms with van der Waals surface area (Å²) in [6, 6.07) is 8.16. The van der Waals surface area contributed by atoms with E-state index in [1.54, 1.807) is 0 Å². The van der Waals surface area contributed by atoms with Crippen molar-refractivity contribution in [3.05, 3.63) is 29.3 Å². The lowest BCUT2D eigenvalue weighted by Crippen LogP contribution is -2.35. The van der Waals surface area contributed by atoms with Crippen LogP contribution in [0.5, 0.6) is 0 Å². The van der Waals surface area contributed by atoms with Crippen LogP contribution >= 0.6 is 11.8 Å². The zero-order chi connectivity index (χ0) is 14.5. The third kappa shape index (κ3) is 5.65. The minimum Gasteiger partial charge on any atom is -0.395 e.